The molecule has 19 heavy (non-hydrogen) atoms. The summed E-state index contributed by atoms with van der Waals surface area (Å²) in [7, 11) is 1.58. The number of rotatable bonds is 9. The van der Waals surface area contributed by atoms with Crippen LogP contribution in [0.2, 0.25) is 0 Å². The first-order valence-corrected chi connectivity index (χ1v) is 6.70. The summed E-state index contributed by atoms with van der Waals surface area (Å²) in [6.45, 7) is 2.04. The van der Waals surface area contributed by atoms with Gasteiger partial charge in [0.25, 0.3) is 0 Å². The third kappa shape index (κ3) is 5.73. The molecule has 0 bridgehead atoms. The minimum Gasteiger partial charge on any atom is -0.495 e. The van der Waals surface area contributed by atoms with Crippen LogP contribution in [0.15, 0.2) is 18.2 Å². The van der Waals surface area contributed by atoms with Crippen LogP contribution in [0.25, 0.3) is 0 Å². The standard InChI is InChI=1S/C15H22N2O2/c1-19-15-10-13(6-7-14(15)11-16)12-17-8-4-2-3-5-9-18/h6-7,10,17-18H,2-5,8-9,12H2,1H3. The molecule has 0 aliphatic heterocycles. The molecule has 104 valence electrons. The zero-order valence-corrected chi connectivity index (χ0v) is 11.5. The molecule has 4 heteroatoms. The molecule has 1 rings (SSSR count). The van der Waals surface area contributed by atoms with Crippen LogP contribution in [-0.4, -0.2) is 25.4 Å². The Morgan fingerprint density at radius 1 is 1.26 bits per heavy atom. The fourth-order valence-corrected chi connectivity index (χ4v) is 1.89. The summed E-state index contributed by atoms with van der Waals surface area (Å²) in [5.74, 6) is 0.629. The minimum absolute atomic E-state index is 0.290. The molecule has 4 nitrogen and oxygen atoms in total. The number of nitrogens with zero attached hydrogens (tertiary/aromatic N) is 1. The first-order valence-electron chi connectivity index (χ1n) is 6.70. The van der Waals surface area contributed by atoms with Crippen molar-refractivity contribution >= 4 is 0 Å². The van der Waals surface area contributed by atoms with Crippen LogP contribution in [0, 0.1) is 11.3 Å². The highest BCUT2D eigenvalue weighted by Gasteiger charge is 2.03. The number of methoxy groups -OCH3 is 1. The summed E-state index contributed by atoms with van der Waals surface area (Å²) in [6, 6.07) is 7.74. The zero-order chi connectivity index (χ0) is 13.9. The summed E-state index contributed by atoms with van der Waals surface area (Å²) < 4.78 is 5.17. The van der Waals surface area contributed by atoms with E-state index in [1.165, 1.54) is 0 Å². The van der Waals surface area contributed by atoms with Gasteiger partial charge in [0.15, 0.2) is 0 Å². The molecule has 1 aromatic rings. The number of aliphatic hydroxyl groups excluding tert-OH is 1. The molecule has 1 aromatic carbocycles. The van der Waals surface area contributed by atoms with Crippen molar-refractivity contribution in [1.29, 1.82) is 5.26 Å². The molecular formula is C15H22N2O2. The summed E-state index contributed by atoms with van der Waals surface area (Å²) in [6.07, 6.45) is 4.24. The number of hydrogen-bond acceptors (Lipinski definition) is 4. The Morgan fingerprint density at radius 2 is 2.05 bits per heavy atom. The molecule has 0 atom stereocenters. The Morgan fingerprint density at radius 3 is 2.74 bits per heavy atom. The van der Waals surface area contributed by atoms with Crippen LogP contribution in [-0.2, 0) is 6.54 Å². The fourth-order valence-electron chi connectivity index (χ4n) is 1.89. The number of ether oxygens (including phenoxy) is 1. The molecule has 2 N–H and O–H groups in total. The van der Waals surface area contributed by atoms with Gasteiger partial charge < -0.3 is 15.2 Å². The summed E-state index contributed by atoms with van der Waals surface area (Å²) in [5, 5.41) is 20.9. The van der Waals surface area contributed by atoms with Gasteiger partial charge in [-0.2, -0.15) is 5.26 Å². The van der Waals surface area contributed by atoms with Crippen molar-refractivity contribution < 1.29 is 9.84 Å². The quantitative estimate of drug-likeness (QED) is 0.670. The van der Waals surface area contributed by atoms with Crippen molar-refractivity contribution in [2.24, 2.45) is 0 Å². The van der Waals surface area contributed by atoms with E-state index >= 15 is 0 Å². The topological polar surface area (TPSA) is 65.3 Å². The SMILES string of the molecule is COc1cc(CNCCCCCCO)ccc1C#N. The monoisotopic (exact) mass is 262 g/mol. The van der Waals surface area contributed by atoms with Gasteiger partial charge in [0.05, 0.1) is 12.7 Å². The van der Waals surface area contributed by atoms with Gasteiger partial charge in [-0.05, 0) is 37.1 Å². The number of aliphatic hydroxyl groups is 1. The van der Waals surface area contributed by atoms with E-state index in [2.05, 4.69) is 11.4 Å². The maximum absolute atomic E-state index is 8.89. The highest BCUT2D eigenvalue weighted by Crippen LogP contribution is 2.19. The van der Waals surface area contributed by atoms with E-state index in [0.717, 1.165) is 44.3 Å². The van der Waals surface area contributed by atoms with Gasteiger partial charge in [0, 0.05) is 13.2 Å². The molecule has 0 heterocycles. The molecule has 0 radical (unpaired) electrons. The molecule has 0 spiro atoms. The van der Waals surface area contributed by atoms with Crippen molar-refractivity contribution in [3.05, 3.63) is 29.3 Å². The third-order valence-electron chi connectivity index (χ3n) is 2.98. The molecule has 0 aromatic heterocycles. The predicted molar refractivity (Wildman–Crippen MR) is 75.0 cm³/mol. The Bertz CT molecular complexity index is 413. The Labute approximate surface area is 115 Å². The number of benzene rings is 1. The van der Waals surface area contributed by atoms with Crippen LogP contribution in [0.4, 0.5) is 0 Å². The predicted octanol–water partition coefficient (Wildman–Crippen LogP) is 2.21. The maximum Gasteiger partial charge on any atom is 0.136 e. The van der Waals surface area contributed by atoms with Gasteiger partial charge in [-0.3, -0.25) is 0 Å². The van der Waals surface area contributed by atoms with Gasteiger partial charge in [-0.15, -0.1) is 0 Å². The van der Waals surface area contributed by atoms with Gasteiger partial charge in [-0.1, -0.05) is 18.9 Å². The summed E-state index contributed by atoms with van der Waals surface area (Å²) in [5.41, 5.74) is 1.68. The average molecular weight is 262 g/mol. The third-order valence-corrected chi connectivity index (χ3v) is 2.98. The van der Waals surface area contributed by atoms with Crippen LogP contribution >= 0.6 is 0 Å². The van der Waals surface area contributed by atoms with Crippen LogP contribution in [0.1, 0.15) is 36.8 Å². The number of hydrogen-bond donors (Lipinski definition) is 2. The Balaban J connectivity index is 2.28. The van der Waals surface area contributed by atoms with E-state index in [1.54, 1.807) is 13.2 Å². The highest BCUT2D eigenvalue weighted by molar-refractivity contribution is 5.45. The number of unbranched alkanes of at least 4 members (excludes halogenated alkanes) is 3. The van der Waals surface area contributed by atoms with Crippen LogP contribution in [0.3, 0.4) is 0 Å². The second-order valence-corrected chi connectivity index (χ2v) is 4.46. The number of nitrogens with one attached hydrogen (secondary N) is 1. The van der Waals surface area contributed by atoms with Crippen LogP contribution in [0.5, 0.6) is 5.75 Å². The van der Waals surface area contributed by atoms with E-state index in [9.17, 15) is 0 Å². The summed E-state index contributed by atoms with van der Waals surface area (Å²) in [4.78, 5) is 0. The van der Waals surface area contributed by atoms with Crippen molar-refractivity contribution in [2.45, 2.75) is 32.2 Å². The number of nitriles is 1. The average Bonchev–Trinajstić information content (AvgIpc) is 2.46. The molecule has 0 saturated carbocycles. The van der Waals surface area contributed by atoms with E-state index in [1.807, 2.05) is 12.1 Å². The Hall–Kier alpha value is -1.57. The largest absolute Gasteiger partial charge is 0.495 e. The second-order valence-electron chi connectivity index (χ2n) is 4.46. The van der Waals surface area contributed by atoms with E-state index in [4.69, 9.17) is 15.1 Å². The molecule has 0 aliphatic rings. The van der Waals surface area contributed by atoms with Crippen molar-refractivity contribution in [3.63, 3.8) is 0 Å². The molecule has 0 saturated heterocycles. The molecular weight excluding hydrogens is 240 g/mol. The molecule has 0 unspecified atom stereocenters. The fraction of sp³-hybridized carbons (Fsp3) is 0.533. The first kappa shape index (κ1) is 15.5. The zero-order valence-electron chi connectivity index (χ0n) is 11.5. The van der Waals surface area contributed by atoms with Crippen LogP contribution < -0.4 is 10.1 Å². The first-order chi connectivity index (χ1) is 9.31. The van der Waals surface area contributed by atoms with Crippen molar-refractivity contribution in [3.8, 4) is 11.8 Å². The lowest BCUT2D eigenvalue weighted by atomic mass is 10.1. The lowest BCUT2D eigenvalue weighted by molar-refractivity contribution is 0.282. The molecule has 0 fully saturated rings. The smallest absolute Gasteiger partial charge is 0.136 e. The normalized spacial score (nSPS) is 10.2. The van der Waals surface area contributed by atoms with Gasteiger partial charge in [0.2, 0.25) is 0 Å². The van der Waals surface area contributed by atoms with Gasteiger partial charge in [0.1, 0.15) is 11.8 Å². The van der Waals surface area contributed by atoms with E-state index in [-0.39, 0.29) is 0 Å². The van der Waals surface area contributed by atoms with Gasteiger partial charge >= 0.3 is 0 Å². The summed E-state index contributed by atoms with van der Waals surface area (Å²) >= 11 is 0. The Kier molecular flexibility index (Phi) is 7.64. The van der Waals surface area contributed by atoms with Crippen molar-refractivity contribution in [2.75, 3.05) is 20.3 Å². The maximum atomic E-state index is 8.89. The van der Waals surface area contributed by atoms with E-state index < -0.39 is 0 Å². The van der Waals surface area contributed by atoms with E-state index in [0.29, 0.717) is 17.9 Å². The highest BCUT2D eigenvalue weighted by atomic mass is 16.5. The lowest BCUT2D eigenvalue weighted by Crippen LogP contribution is -2.14. The lowest BCUT2D eigenvalue weighted by Gasteiger charge is -2.08. The van der Waals surface area contributed by atoms with Gasteiger partial charge in [-0.25, -0.2) is 0 Å². The molecule has 0 amide bonds. The molecule has 0 aliphatic carbocycles. The minimum atomic E-state index is 0.290. The second kappa shape index (κ2) is 9.37. The van der Waals surface area contributed by atoms with Crippen molar-refractivity contribution in [1.82, 2.24) is 5.32 Å².